The van der Waals surface area contributed by atoms with Crippen LogP contribution in [0.5, 0.6) is 0 Å². The first-order valence-electron chi connectivity index (χ1n) is 3.80. The summed E-state index contributed by atoms with van der Waals surface area (Å²) in [4.78, 5) is 0. The minimum atomic E-state index is 0.488. The van der Waals surface area contributed by atoms with E-state index >= 15 is 0 Å². The molecule has 0 fully saturated rings. The van der Waals surface area contributed by atoms with Crippen molar-refractivity contribution >= 4 is 11.6 Å². The predicted molar refractivity (Wildman–Crippen MR) is 49.5 cm³/mol. The van der Waals surface area contributed by atoms with Crippen LogP contribution in [0.2, 0.25) is 5.02 Å². The van der Waals surface area contributed by atoms with Crippen LogP contribution in [0.3, 0.4) is 0 Å². The van der Waals surface area contributed by atoms with Gasteiger partial charge in [-0.05, 0) is 24.6 Å². The Hall–Kier alpha value is -1.35. The van der Waals surface area contributed by atoms with Crippen LogP contribution in [0.1, 0.15) is 5.56 Å². The highest BCUT2D eigenvalue weighted by molar-refractivity contribution is 6.31. The summed E-state index contributed by atoms with van der Waals surface area (Å²) in [7, 11) is 0. The van der Waals surface area contributed by atoms with Gasteiger partial charge in [0.1, 0.15) is 0 Å². The molecule has 2 aromatic rings. The summed E-state index contributed by atoms with van der Waals surface area (Å²) in [6.45, 7) is 1.94. The van der Waals surface area contributed by atoms with Gasteiger partial charge in [-0.25, -0.2) is 0 Å². The average molecular weight is 195 g/mol. The third kappa shape index (κ3) is 1.55. The average Bonchev–Trinajstić information content (AvgIpc) is 2.62. The van der Waals surface area contributed by atoms with Gasteiger partial charge in [0, 0.05) is 10.6 Å². The third-order valence-electron chi connectivity index (χ3n) is 1.78. The van der Waals surface area contributed by atoms with Gasteiger partial charge < -0.3 is 4.42 Å². The molecular formula is C9H7ClN2O. The van der Waals surface area contributed by atoms with E-state index in [0.29, 0.717) is 10.9 Å². The smallest absolute Gasteiger partial charge is 0.247 e. The van der Waals surface area contributed by atoms with Gasteiger partial charge in [0.2, 0.25) is 12.3 Å². The lowest BCUT2D eigenvalue weighted by atomic mass is 10.1. The molecule has 0 unspecified atom stereocenters. The molecule has 13 heavy (non-hydrogen) atoms. The zero-order valence-electron chi connectivity index (χ0n) is 6.99. The topological polar surface area (TPSA) is 38.9 Å². The summed E-state index contributed by atoms with van der Waals surface area (Å²) in [5.41, 5.74) is 1.87. The number of hydrogen-bond donors (Lipinski definition) is 0. The van der Waals surface area contributed by atoms with Crippen LogP contribution in [-0.2, 0) is 0 Å². The summed E-state index contributed by atoms with van der Waals surface area (Å²) in [5, 5.41) is 8.08. The Morgan fingerprint density at radius 3 is 2.85 bits per heavy atom. The summed E-state index contributed by atoms with van der Waals surface area (Å²) in [5.74, 6) is 0.488. The largest absolute Gasteiger partial charge is 0.423 e. The highest BCUT2D eigenvalue weighted by atomic mass is 35.5. The van der Waals surface area contributed by atoms with Crippen molar-refractivity contribution in [3.63, 3.8) is 0 Å². The van der Waals surface area contributed by atoms with Gasteiger partial charge in [0.25, 0.3) is 0 Å². The number of aryl methyl sites for hydroxylation is 1. The second kappa shape index (κ2) is 3.18. The first-order chi connectivity index (χ1) is 6.27. The number of halogens is 1. The van der Waals surface area contributed by atoms with E-state index in [1.165, 1.54) is 6.39 Å². The summed E-state index contributed by atoms with van der Waals surface area (Å²) in [6.07, 6.45) is 1.29. The highest BCUT2D eigenvalue weighted by Gasteiger charge is 2.04. The molecule has 3 nitrogen and oxygen atoms in total. The Kier molecular flexibility index (Phi) is 2.02. The monoisotopic (exact) mass is 194 g/mol. The van der Waals surface area contributed by atoms with Crippen molar-refractivity contribution in [3.8, 4) is 11.5 Å². The zero-order valence-corrected chi connectivity index (χ0v) is 7.75. The Balaban J connectivity index is 2.49. The molecule has 0 spiro atoms. The van der Waals surface area contributed by atoms with Crippen LogP contribution in [0.25, 0.3) is 11.5 Å². The molecule has 0 radical (unpaired) electrons. The van der Waals surface area contributed by atoms with Gasteiger partial charge in [0.15, 0.2) is 0 Å². The highest BCUT2D eigenvalue weighted by Crippen LogP contribution is 2.23. The van der Waals surface area contributed by atoms with Crippen molar-refractivity contribution in [2.24, 2.45) is 0 Å². The molecule has 0 aliphatic carbocycles. The number of aromatic nitrogens is 2. The molecule has 0 atom stereocenters. The summed E-state index contributed by atoms with van der Waals surface area (Å²) >= 11 is 5.94. The molecule has 0 aliphatic rings. The number of benzene rings is 1. The number of hydrogen-bond acceptors (Lipinski definition) is 3. The van der Waals surface area contributed by atoms with Crippen LogP contribution in [0.15, 0.2) is 29.0 Å². The summed E-state index contributed by atoms with van der Waals surface area (Å²) in [6, 6.07) is 5.63. The van der Waals surface area contributed by atoms with E-state index in [9.17, 15) is 0 Å². The van der Waals surface area contributed by atoms with Crippen LogP contribution < -0.4 is 0 Å². The number of nitrogens with zero attached hydrogens (tertiary/aromatic N) is 2. The maximum Gasteiger partial charge on any atom is 0.247 e. The van der Waals surface area contributed by atoms with E-state index in [2.05, 4.69) is 10.2 Å². The van der Waals surface area contributed by atoms with Crippen LogP contribution in [0.4, 0.5) is 0 Å². The first-order valence-corrected chi connectivity index (χ1v) is 4.18. The fourth-order valence-electron chi connectivity index (χ4n) is 1.02. The van der Waals surface area contributed by atoms with Gasteiger partial charge in [-0.3, -0.25) is 0 Å². The molecular weight excluding hydrogens is 188 g/mol. The molecule has 0 saturated heterocycles. The lowest BCUT2D eigenvalue weighted by molar-refractivity contribution is 0.568. The van der Waals surface area contributed by atoms with Crippen molar-refractivity contribution in [1.29, 1.82) is 0 Å². The molecule has 2 rings (SSSR count). The first kappa shape index (κ1) is 8.26. The van der Waals surface area contributed by atoms with Gasteiger partial charge in [-0.2, -0.15) is 0 Å². The second-order valence-electron chi connectivity index (χ2n) is 2.71. The minimum absolute atomic E-state index is 0.488. The van der Waals surface area contributed by atoms with Gasteiger partial charge in [-0.15, -0.1) is 10.2 Å². The van der Waals surface area contributed by atoms with E-state index in [4.69, 9.17) is 16.0 Å². The fraction of sp³-hybridized carbons (Fsp3) is 0.111. The number of rotatable bonds is 1. The van der Waals surface area contributed by atoms with Crippen molar-refractivity contribution in [2.45, 2.75) is 6.92 Å². The molecule has 0 saturated carbocycles. The van der Waals surface area contributed by atoms with Crippen molar-refractivity contribution in [1.82, 2.24) is 10.2 Å². The van der Waals surface area contributed by atoms with Crippen molar-refractivity contribution < 1.29 is 4.42 Å². The normalized spacial score (nSPS) is 10.3. The van der Waals surface area contributed by atoms with E-state index in [1.54, 1.807) is 0 Å². The Morgan fingerprint density at radius 1 is 1.38 bits per heavy atom. The van der Waals surface area contributed by atoms with Crippen LogP contribution in [-0.4, -0.2) is 10.2 Å². The predicted octanol–water partition coefficient (Wildman–Crippen LogP) is 2.70. The van der Waals surface area contributed by atoms with E-state index in [-0.39, 0.29) is 0 Å². The third-order valence-corrected chi connectivity index (χ3v) is 2.19. The molecule has 0 amide bonds. The van der Waals surface area contributed by atoms with Crippen LogP contribution >= 0.6 is 11.6 Å². The zero-order chi connectivity index (χ0) is 9.26. The molecule has 0 bridgehead atoms. The second-order valence-corrected chi connectivity index (χ2v) is 3.12. The van der Waals surface area contributed by atoms with Crippen molar-refractivity contribution in [3.05, 3.63) is 35.2 Å². The lowest BCUT2D eigenvalue weighted by Crippen LogP contribution is -1.80. The van der Waals surface area contributed by atoms with Gasteiger partial charge in [0.05, 0.1) is 0 Å². The van der Waals surface area contributed by atoms with E-state index < -0.39 is 0 Å². The van der Waals surface area contributed by atoms with Crippen LogP contribution in [0, 0.1) is 6.92 Å². The summed E-state index contributed by atoms with van der Waals surface area (Å²) < 4.78 is 5.03. The molecule has 4 heteroatoms. The van der Waals surface area contributed by atoms with Gasteiger partial charge in [-0.1, -0.05) is 17.7 Å². The Labute approximate surface area is 80.4 Å². The molecule has 66 valence electrons. The lowest BCUT2D eigenvalue weighted by Gasteiger charge is -1.98. The molecule has 0 N–H and O–H groups in total. The standard InChI is InChI=1S/C9H7ClN2O/c1-6-2-3-7(4-8(6)10)9-12-11-5-13-9/h2-5H,1H3. The molecule has 1 aromatic heterocycles. The fourth-order valence-corrected chi connectivity index (χ4v) is 1.21. The van der Waals surface area contributed by atoms with Gasteiger partial charge >= 0.3 is 0 Å². The SMILES string of the molecule is Cc1ccc(-c2nnco2)cc1Cl. The molecule has 0 aliphatic heterocycles. The van der Waals surface area contributed by atoms with Crippen molar-refractivity contribution in [2.75, 3.05) is 0 Å². The molecule has 1 heterocycles. The molecule has 1 aromatic carbocycles. The minimum Gasteiger partial charge on any atom is -0.423 e. The maximum absolute atomic E-state index is 5.94. The van der Waals surface area contributed by atoms with E-state index in [1.807, 2.05) is 25.1 Å². The Bertz CT molecular complexity index is 412. The quantitative estimate of drug-likeness (QED) is 0.701. The maximum atomic E-state index is 5.94. The van der Waals surface area contributed by atoms with E-state index in [0.717, 1.165) is 11.1 Å². The Morgan fingerprint density at radius 2 is 2.23 bits per heavy atom.